The molecule has 4 aromatic rings. The number of benzene rings is 3. The van der Waals surface area contributed by atoms with E-state index >= 15 is 0 Å². The summed E-state index contributed by atoms with van der Waals surface area (Å²) < 4.78 is 15.2. The van der Waals surface area contributed by atoms with Crippen molar-refractivity contribution in [3.63, 3.8) is 0 Å². The maximum absolute atomic E-state index is 13.8. The maximum Gasteiger partial charge on any atom is 0.262 e. The van der Waals surface area contributed by atoms with E-state index in [1.807, 2.05) is 65.9 Å². The van der Waals surface area contributed by atoms with Crippen LogP contribution in [0.15, 0.2) is 90.2 Å². The highest BCUT2D eigenvalue weighted by atomic mass is 19.1. The van der Waals surface area contributed by atoms with Crippen LogP contribution in [0.3, 0.4) is 0 Å². The molecule has 0 saturated heterocycles. The number of halogens is 1. The first kappa shape index (κ1) is 22.5. The predicted octanol–water partition coefficient (Wildman–Crippen LogP) is 6.56. The van der Waals surface area contributed by atoms with E-state index in [2.05, 4.69) is 18.7 Å². The Kier molecular flexibility index (Phi) is 6.68. The molecule has 0 aliphatic heterocycles. The molecule has 0 spiro atoms. The maximum atomic E-state index is 13.8. The van der Waals surface area contributed by atoms with Gasteiger partial charge in [-0.25, -0.2) is 9.37 Å². The summed E-state index contributed by atoms with van der Waals surface area (Å²) in [6, 6.07) is 22.0. The summed E-state index contributed by atoms with van der Waals surface area (Å²) in [6.07, 6.45) is 4.55. The highest BCUT2D eigenvalue weighted by Gasteiger charge is 2.20. The largest absolute Gasteiger partial charge is 0.345 e. The van der Waals surface area contributed by atoms with Crippen molar-refractivity contribution in [2.24, 2.45) is 0 Å². The summed E-state index contributed by atoms with van der Waals surface area (Å²) in [4.78, 5) is 20.5. The molecule has 0 aliphatic rings. The molecule has 0 fully saturated rings. The summed E-state index contributed by atoms with van der Waals surface area (Å²) >= 11 is 0. The molecule has 0 saturated carbocycles. The Labute approximate surface area is 193 Å². The van der Waals surface area contributed by atoms with Crippen molar-refractivity contribution in [1.29, 1.82) is 0 Å². The lowest BCUT2D eigenvalue weighted by atomic mass is 10.00. The number of fused-ring (bicyclic) bond motifs is 1. The van der Waals surface area contributed by atoms with Crippen LogP contribution in [-0.4, -0.2) is 16.6 Å². The van der Waals surface area contributed by atoms with Crippen molar-refractivity contribution in [3.8, 4) is 0 Å². The number of hydrogen-bond acceptors (Lipinski definition) is 3. The standard InChI is InChI=1S/C28H28FN3O/c1-4-5-7-12-27(21-10-8-6-9-11-21)32-20(2)30-26-18-17-24(19-25(26)28(32)33)31(3)23-15-13-22(29)14-16-23/h4,6,8-11,13-19,27H,1,5,7,12H2,2-3H3. The van der Waals surface area contributed by atoms with Crippen molar-refractivity contribution in [2.75, 3.05) is 11.9 Å². The molecule has 5 heteroatoms. The third-order valence-electron chi connectivity index (χ3n) is 6.04. The number of anilines is 2. The van der Waals surface area contributed by atoms with Gasteiger partial charge in [-0.2, -0.15) is 0 Å². The van der Waals surface area contributed by atoms with E-state index in [0.29, 0.717) is 16.7 Å². The molecule has 1 atom stereocenters. The van der Waals surface area contributed by atoms with Gasteiger partial charge in [0.2, 0.25) is 0 Å². The summed E-state index contributed by atoms with van der Waals surface area (Å²) in [5.74, 6) is 0.413. The van der Waals surface area contributed by atoms with Crippen LogP contribution in [0.1, 0.15) is 36.7 Å². The van der Waals surface area contributed by atoms with E-state index in [9.17, 15) is 9.18 Å². The molecule has 3 aromatic carbocycles. The second-order valence-electron chi connectivity index (χ2n) is 8.22. The summed E-state index contributed by atoms with van der Waals surface area (Å²) in [7, 11) is 1.90. The lowest BCUT2D eigenvalue weighted by molar-refractivity contribution is 0.493. The van der Waals surface area contributed by atoms with E-state index in [4.69, 9.17) is 4.98 Å². The molecule has 1 heterocycles. The number of unbranched alkanes of at least 4 members (excludes halogenated alkanes) is 1. The van der Waals surface area contributed by atoms with Crippen LogP contribution >= 0.6 is 0 Å². The minimum atomic E-state index is -0.281. The average Bonchev–Trinajstić information content (AvgIpc) is 2.83. The Morgan fingerprint density at radius 1 is 1.06 bits per heavy atom. The lowest BCUT2D eigenvalue weighted by Crippen LogP contribution is -2.29. The third-order valence-corrected chi connectivity index (χ3v) is 6.04. The third kappa shape index (κ3) is 4.72. The van der Waals surface area contributed by atoms with Gasteiger partial charge in [-0.05, 0) is 74.2 Å². The number of nitrogens with zero attached hydrogens (tertiary/aromatic N) is 3. The number of hydrogen-bond donors (Lipinski definition) is 0. The van der Waals surface area contributed by atoms with Crippen LogP contribution in [-0.2, 0) is 0 Å². The molecule has 33 heavy (non-hydrogen) atoms. The van der Waals surface area contributed by atoms with Crippen LogP contribution in [0.25, 0.3) is 10.9 Å². The quantitative estimate of drug-likeness (QED) is 0.230. The van der Waals surface area contributed by atoms with E-state index in [0.717, 1.165) is 36.2 Å². The second-order valence-corrected chi connectivity index (χ2v) is 8.22. The number of aryl methyl sites for hydroxylation is 1. The molecule has 168 valence electrons. The Bertz CT molecular complexity index is 1310. The van der Waals surface area contributed by atoms with E-state index in [1.165, 1.54) is 12.1 Å². The predicted molar refractivity (Wildman–Crippen MR) is 134 cm³/mol. The molecular formula is C28H28FN3O. The minimum Gasteiger partial charge on any atom is -0.345 e. The fraction of sp³-hybridized carbons (Fsp3) is 0.214. The fourth-order valence-corrected chi connectivity index (χ4v) is 4.26. The number of aromatic nitrogens is 2. The van der Waals surface area contributed by atoms with Crippen molar-refractivity contribution in [3.05, 3.63) is 113 Å². The van der Waals surface area contributed by atoms with Gasteiger partial charge in [0.1, 0.15) is 11.6 Å². The minimum absolute atomic E-state index is 0.0562. The fourth-order valence-electron chi connectivity index (χ4n) is 4.26. The van der Waals surface area contributed by atoms with Crippen molar-refractivity contribution in [1.82, 2.24) is 9.55 Å². The lowest BCUT2D eigenvalue weighted by Gasteiger charge is -2.24. The van der Waals surface area contributed by atoms with Crippen LogP contribution in [0.2, 0.25) is 0 Å². The number of allylic oxidation sites excluding steroid dienone is 1. The van der Waals surface area contributed by atoms with E-state index in [1.54, 1.807) is 12.1 Å². The highest BCUT2D eigenvalue weighted by Crippen LogP contribution is 2.28. The van der Waals surface area contributed by atoms with Gasteiger partial charge in [0, 0.05) is 18.4 Å². The summed E-state index contributed by atoms with van der Waals surface area (Å²) in [6.45, 7) is 5.72. The first-order valence-corrected chi connectivity index (χ1v) is 11.2. The molecule has 1 unspecified atom stereocenters. The van der Waals surface area contributed by atoms with Crippen molar-refractivity contribution < 1.29 is 4.39 Å². The topological polar surface area (TPSA) is 38.1 Å². The first-order chi connectivity index (χ1) is 16.0. The van der Waals surface area contributed by atoms with E-state index < -0.39 is 0 Å². The van der Waals surface area contributed by atoms with Gasteiger partial charge in [0.15, 0.2) is 0 Å². The smallest absolute Gasteiger partial charge is 0.262 e. The van der Waals surface area contributed by atoms with Gasteiger partial charge in [0.25, 0.3) is 5.56 Å². The summed E-state index contributed by atoms with van der Waals surface area (Å²) in [5, 5.41) is 0.566. The van der Waals surface area contributed by atoms with Crippen molar-refractivity contribution >= 4 is 22.3 Å². The van der Waals surface area contributed by atoms with Crippen LogP contribution < -0.4 is 10.5 Å². The summed E-state index contributed by atoms with van der Waals surface area (Å²) in [5.41, 5.74) is 3.38. The molecule has 4 rings (SSSR count). The van der Waals surface area contributed by atoms with Crippen LogP contribution in [0.5, 0.6) is 0 Å². The molecule has 0 N–H and O–H groups in total. The van der Waals surface area contributed by atoms with Gasteiger partial charge < -0.3 is 4.90 Å². The van der Waals surface area contributed by atoms with E-state index in [-0.39, 0.29) is 17.4 Å². The SMILES string of the molecule is C=CCCCC(c1ccccc1)n1c(C)nc2ccc(N(C)c3ccc(F)cc3)cc2c1=O. The molecule has 0 aliphatic carbocycles. The van der Waals surface area contributed by atoms with Gasteiger partial charge in [-0.1, -0.05) is 36.4 Å². The van der Waals surface area contributed by atoms with Gasteiger partial charge in [0.05, 0.1) is 16.9 Å². The Balaban J connectivity index is 1.81. The molecule has 0 radical (unpaired) electrons. The molecule has 1 aromatic heterocycles. The second kappa shape index (κ2) is 9.82. The Morgan fingerprint density at radius 3 is 2.45 bits per heavy atom. The normalized spacial score (nSPS) is 12.0. The zero-order chi connectivity index (χ0) is 23.4. The molecule has 4 nitrogen and oxygen atoms in total. The average molecular weight is 442 g/mol. The molecule has 0 bridgehead atoms. The zero-order valence-electron chi connectivity index (χ0n) is 19.0. The van der Waals surface area contributed by atoms with Gasteiger partial charge in [-0.3, -0.25) is 9.36 Å². The highest BCUT2D eigenvalue weighted by molar-refractivity contribution is 5.83. The molecular weight excluding hydrogens is 413 g/mol. The van der Waals surface area contributed by atoms with Crippen LogP contribution in [0.4, 0.5) is 15.8 Å². The van der Waals surface area contributed by atoms with Crippen molar-refractivity contribution in [2.45, 2.75) is 32.2 Å². The molecule has 0 amide bonds. The zero-order valence-corrected chi connectivity index (χ0v) is 19.0. The monoisotopic (exact) mass is 441 g/mol. The first-order valence-electron chi connectivity index (χ1n) is 11.2. The Morgan fingerprint density at radius 2 is 1.76 bits per heavy atom. The number of rotatable bonds is 8. The van der Waals surface area contributed by atoms with Gasteiger partial charge in [-0.15, -0.1) is 6.58 Å². The van der Waals surface area contributed by atoms with Gasteiger partial charge >= 0.3 is 0 Å². The Hall–Kier alpha value is -3.73. The van der Waals surface area contributed by atoms with Crippen LogP contribution in [0, 0.1) is 12.7 Å².